The van der Waals surface area contributed by atoms with Crippen LogP contribution < -0.4 is 0 Å². The van der Waals surface area contributed by atoms with Crippen molar-refractivity contribution in [1.82, 2.24) is 10.2 Å². The molecule has 11 heavy (non-hydrogen) atoms. The summed E-state index contributed by atoms with van der Waals surface area (Å²) in [4.78, 5) is 9.94. The predicted molar refractivity (Wildman–Crippen MR) is 31.6 cm³/mol. The monoisotopic (exact) mass is 158 g/mol. The van der Waals surface area contributed by atoms with Crippen LogP contribution in [-0.4, -0.2) is 27.9 Å². The summed E-state index contributed by atoms with van der Waals surface area (Å²) in [7, 11) is 0. The molecule has 0 spiro atoms. The Hall–Kier alpha value is -1.43. The van der Waals surface area contributed by atoms with Gasteiger partial charge in [-0.2, -0.15) is 0 Å². The lowest BCUT2D eigenvalue weighted by molar-refractivity contribution is -0.142. The maximum atomic E-state index is 9.94. The van der Waals surface area contributed by atoms with Crippen molar-refractivity contribution >= 4 is 5.97 Å². The molecule has 0 aliphatic carbocycles. The van der Waals surface area contributed by atoms with Crippen molar-refractivity contribution in [2.24, 2.45) is 0 Å². The van der Waals surface area contributed by atoms with Gasteiger partial charge in [0.15, 0.2) is 0 Å². The molecule has 0 aromatic carbocycles. The van der Waals surface area contributed by atoms with Crippen molar-refractivity contribution < 1.29 is 19.1 Å². The molecule has 0 saturated carbocycles. The van der Waals surface area contributed by atoms with E-state index in [4.69, 9.17) is 5.11 Å². The van der Waals surface area contributed by atoms with Crippen LogP contribution in [0.2, 0.25) is 0 Å². The van der Waals surface area contributed by atoms with E-state index in [-0.39, 0.29) is 19.1 Å². The number of carboxylic acid groups (broad SMARTS) is 1. The Balaban J connectivity index is 2.19. The summed E-state index contributed by atoms with van der Waals surface area (Å²) in [6.45, 7) is -0.325. The molecule has 0 radical (unpaired) electrons. The van der Waals surface area contributed by atoms with Crippen LogP contribution in [0.5, 0.6) is 0 Å². The Morgan fingerprint density at radius 1 is 1.82 bits per heavy atom. The van der Waals surface area contributed by atoms with Crippen molar-refractivity contribution in [3.63, 3.8) is 0 Å². The number of nitrogens with zero attached hydrogens (tertiary/aromatic N) is 2. The number of carbonyl (C=O) groups is 1. The zero-order chi connectivity index (χ0) is 8.10. The van der Waals surface area contributed by atoms with E-state index in [1.54, 1.807) is 0 Å². The van der Waals surface area contributed by atoms with Gasteiger partial charge >= 0.3 is 5.97 Å². The second-order valence-corrected chi connectivity index (χ2v) is 1.72. The quantitative estimate of drug-likeness (QED) is 0.645. The van der Waals surface area contributed by atoms with Gasteiger partial charge in [0.25, 0.3) is 0 Å². The van der Waals surface area contributed by atoms with E-state index in [2.05, 4.69) is 19.4 Å². The number of hydrogen-bond acceptors (Lipinski definition) is 5. The highest BCUT2D eigenvalue weighted by Crippen LogP contribution is 1.93. The van der Waals surface area contributed by atoms with Crippen molar-refractivity contribution in [2.75, 3.05) is 6.61 Å². The van der Waals surface area contributed by atoms with E-state index in [1.165, 1.54) is 0 Å². The minimum atomic E-state index is -1.02. The van der Waals surface area contributed by atoms with Gasteiger partial charge in [-0.25, -0.2) is 4.79 Å². The summed E-state index contributed by atoms with van der Waals surface area (Å²) in [6.07, 6.45) is 1.15. The third kappa shape index (κ3) is 2.76. The molecule has 6 nitrogen and oxygen atoms in total. The van der Waals surface area contributed by atoms with E-state index >= 15 is 0 Å². The predicted octanol–water partition coefficient (Wildman–Crippen LogP) is -0.329. The van der Waals surface area contributed by atoms with Gasteiger partial charge in [-0.3, -0.25) is 0 Å². The molecule has 0 saturated heterocycles. The summed E-state index contributed by atoms with van der Waals surface area (Å²) in [5, 5.41) is 15.0. The molecule has 6 heteroatoms. The molecule has 1 N–H and O–H groups in total. The molecule has 0 unspecified atom stereocenters. The molecule has 0 fully saturated rings. The molecular weight excluding hydrogens is 152 g/mol. The normalized spacial score (nSPS) is 9.82. The minimum absolute atomic E-state index is 0.0340. The first-order valence-corrected chi connectivity index (χ1v) is 2.83. The maximum Gasteiger partial charge on any atom is 0.329 e. The molecular formula is C5H6N2O4. The summed E-state index contributed by atoms with van der Waals surface area (Å²) >= 11 is 0. The van der Waals surface area contributed by atoms with E-state index in [1.807, 2.05) is 0 Å². The van der Waals surface area contributed by atoms with Crippen LogP contribution in [0.4, 0.5) is 0 Å². The Labute approximate surface area is 61.8 Å². The molecule has 0 bridgehead atoms. The Kier molecular flexibility index (Phi) is 2.56. The number of rotatable bonds is 4. The average molecular weight is 158 g/mol. The van der Waals surface area contributed by atoms with Gasteiger partial charge < -0.3 is 14.3 Å². The average Bonchev–Trinajstić information content (AvgIpc) is 2.39. The zero-order valence-electron chi connectivity index (χ0n) is 5.56. The van der Waals surface area contributed by atoms with Gasteiger partial charge in [-0.05, 0) is 0 Å². The number of carboxylic acids is 1. The highest BCUT2D eigenvalue weighted by atomic mass is 16.5. The molecule has 0 aliphatic rings. The van der Waals surface area contributed by atoms with Gasteiger partial charge in [0.2, 0.25) is 12.3 Å². The van der Waals surface area contributed by atoms with E-state index in [0.29, 0.717) is 0 Å². The molecule has 60 valence electrons. The summed E-state index contributed by atoms with van der Waals surface area (Å²) < 4.78 is 9.32. The first kappa shape index (κ1) is 7.67. The lowest BCUT2D eigenvalue weighted by atomic mass is 10.7. The van der Waals surface area contributed by atoms with Gasteiger partial charge in [-0.15, -0.1) is 10.2 Å². The van der Waals surface area contributed by atoms with Gasteiger partial charge in [0, 0.05) is 0 Å². The van der Waals surface area contributed by atoms with E-state index < -0.39 is 5.97 Å². The Morgan fingerprint density at radius 3 is 3.18 bits per heavy atom. The fourth-order valence-electron chi connectivity index (χ4n) is 0.484. The molecule has 0 amide bonds. The van der Waals surface area contributed by atoms with Crippen LogP contribution >= 0.6 is 0 Å². The molecule has 1 aromatic rings. The smallest absolute Gasteiger partial charge is 0.329 e. The van der Waals surface area contributed by atoms with Crippen LogP contribution in [0, 0.1) is 0 Å². The Bertz CT molecular complexity index is 220. The molecule has 1 rings (SSSR count). The van der Waals surface area contributed by atoms with Crippen molar-refractivity contribution in [3.8, 4) is 0 Å². The number of ether oxygens (including phenoxy) is 1. The van der Waals surface area contributed by atoms with Gasteiger partial charge in [-0.1, -0.05) is 0 Å². The zero-order valence-corrected chi connectivity index (χ0v) is 5.56. The second-order valence-electron chi connectivity index (χ2n) is 1.72. The van der Waals surface area contributed by atoms with Crippen molar-refractivity contribution in [3.05, 3.63) is 12.3 Å². The topological polar surface area (TPSA) is 85.5 Å². The first-order valence-electron chi connectivity index (χ1n) is 2.83. The van der Waals surface area contributed by atoms with Crippen molar-refractivity contribution in [1.29, 1.82) is 0 Å². The lowest BCUT2D eigenvalue weighted by Crippen LogP contribution is -2.06. The van der Waals surface area contributed by atoms with Crippen LogP contribution in [0.3, 0.4) is 0 Å². The number of hydrogen-bond donors (Lipinski definition) is 1. The molecule has 1 aromatic heterocycles. The highest BCUT2D eigenvalue weighted by molar-refractivity contribution is 5.67. The third-order valence-electron chi connectivity index (χ3n) is 0.856. The third-order valence-corrected chi connectivity index (χ3v) is 0.856. The summed E-state index contributed by atoms with van der Waals surface area (Å²) in [6, 6.07) is 0. The van der Waals surface area contributed by atoms with Crippen LogP contribution in [0.15, 0.2) is 10.8 Å². The fraction of sp³-hybridized carbons (Fsp3) is 0.400. The molecule has 0 atom stereocenters. The summed E-state index contributed by atoms with van der Waals surface area (Å²) in [5.74, 6) is -0.754. The second kappa shape index (κ2) is 3.67. The SMILES string of the molecule is O=C(O)COCc1nnco1. The highest BCUT2D eigenvalue weighted by Gasteiger charge is 2.00. The van der Waals surface area contributed by atoms with Gasteiger partial charge in [0.1, 0.15) is 13.2 Å². The van der Waals surface area contributed by atoms with Crippen LogP contribution in [0.25, 0.3) is 0 Å². The van der Waals surface area contributed by atoms with Gasteiger partial charge in [0.05, 0.1) is 0 Å². The fourth-order valence-corrected chi connectivity index (χ4v) is 0.484. The molecule has 1 heterocycles. The number of aliphatic carboxylic acids is 1. The first-order chi connectivity index (χ1) is 5.29. The van der Waals surface area contributed by atoms with Crippen LogP contribution in [0.1, 0.15) is 5.89 Å². The maximum absolute atomic E-state index is 9.94. The lowest BCUT2D eigenvalue weighted by Gasteiger charge is -1.93. The minimum Gasteiger partial charge on any atom is -0.480 e. The standard InChI is InChI=1S/C5H6N2O4/c8-5(9)2-10-1-4-7-6-3-11-4/h3H,1-2H2,(H,8,9). The van der Waals surface area contributed by atoms with E-state index in [0.717, 1.165) is 6.39 Å². The molecule has 0 aliphatic heterocycles. The Morgan fingerprint density at radius 2 is 2.64 bits per heavy atom. The van der Waals surface area contributed by atoms with Crippen LogP contribution in [-0.2, 0) is 16.1 Å². The van der Waals surface area contributed by atoms with E-state index in [9.17, 15) is 4.79 Å². The number of aromatic nitrogens is 2. The van der Waals surface area contributed by atoms with Crippen molar-refractivity contribution in [2.45, 2.75) is 6.61 Å². The largest absolute Gasteiger partial charge is 0.480 e. The summed E-state index contributed by atoms with van der Waals surface area (Å²) in [5.41, 5.74) is 0.